The monoisotopic (exact) mass is 279 g/mol. The van der Waals surface area contributed by atoms with Gasteiger partial charge in [-0.25, -0.2) is 0 Å². The molecule has 0 radical (unpaired) electrons. The van der Waals surface area contributed by atoms with Crippen molar-refractivity contribution in [2.24, 2.45) is 5.92 Å². The summed E-state index contributed by atoms with van der Waals surface area (Å²) in [6, 6.07) is 5.35. The number of benzene rings is 1. The molecule has 2 unspecified atom stereocenters. The summed E-state index contributed by atoms with van der Waals surface area (Å²) in [6.45, 7) is 2.66. The highest BCUT2D eigenvalue weighted by Crippen LogP contribution is 2.36. The van der Waals surface area contributed by atoms with Crippen LogP contribution in [-0.4, -0.2) is 29.2 Å². The van der Waals surface area contributed by atoms with Crippen molar-refractivity contribution >= 4 is 17.1 Å². The van der Waals surface area contributed by atoms with Crippen molar-refractivity contribution in [2.75, 3.05) is 23.8 Å². The summed E-state index contributed by atoms with van der Waals surface area (Å²) in [5, 5.41) is 26.9. The van der Waals surface area contributed by atoms with Crippen molar-refractivity contribution in [3.05, 3.63) is 28.3 Å². The minimum atomic E-state index is -0.358. The van der Waals surface area contributed by atoms with E-state index in [-0.39, 0.29) is 29.2 Å². The zero-order valence-electron chi connectivity index (χ0n) is 11.6. The highest BCUT2D eigenvalue weighted by atomic mass is 16.6. The Hall–Kier alpha value is -1.82. The van der Waals surface area contributed by atoms with Crippen LogP contribution in [0.1, 0.15) is 26.2 Å². The zero-order valence-corrected chi connectivity index (χ0v) is 11.6. The number of nitro benzene ring substituents is 1. The fourth-order valence-corrected chi connectivity index (χ4v) is 2.83. The van der Waals surface area contributed by atoms with Crippen LogP contribution in [0.4, 0.5) is 17.1 Å². The van der Waals surface area contributed by atoms with Crippen molar-refractivity contribution < 1.29 is 10.0 Å². The van der Waals surface area contributed by atoms with Gasteiger partial charge in [0.2, 0.25) is 0 Å². The van der Waals surface area contributed by atoms with E-state index in [0.717, 1.165) is 19.3 Å². The van der Waals surface area contributed by atoms with Gasteiger partial charge >= 0.3 is 5.69 Å². The number of aliphatic hydroxyl groups excluding tert-OH is 1. The molecule has 1 fully saturated rings. The van der Waals surface area contributed by atoms with Crippen LogP contribution in [0.2, 0.25) is 0 Å². The first-order valence-corrected chi connectivity index (χ1v) is 7.06. The molecule has 2 atom stereocenters. The number of aliphatic hydroxyl groups is 1. The number of anilines is 2. The van der Waals surface area contributed by atoms with E-state index in [1.807, 2.05) is 6.92 Å². The number of nitrogens with one attached hydrogen (secondary N) is 2. The van der Waals surface area contributed by atoms with E-state index in [9.17, 15) is 15.2 Å². The molecule has 20 heavy (non-hydrogen) atoms. The van der Waals surface area contributed by atoms with Gasteiger partial charge in [-0.15, -0.1) is 0 Å². The Labute approximate surface area is 118 Å². The van der Waals surface area contributed by atoms with Crippen molar-refractivity contribution in [1.82, 2.24) is 0 Å². The van der Waals surface area contributed by atoms with Crippen LogP contribution in [0.25, 0.3) is 0 Å². The fourth-order valence-electron chi connectivity index (χ4n) is 2.83. The van der Waals surface area contributed by atoms with Crippen molar-refractivity contribution in [1.29, 1.82) is 0 Å². The molecule has 0 bridgehead atoms. The Bertz CT molecular complexity index is 479. The normalized spacial score (nSPS) is 21.7. The van der Waals surface area contributed by atoms with Crippen LogP contribution in [0.3, 0.4) is 0 Å². The molecule has 0 amide bonds. The fraction of sp³-hybridized carbons (Fsp3) is 0.571. The SMILES string of the molecule is CCNc1cccc(NC2CCCC2CO)c1[N+](=O)[O-]. The van der Waals surface area contributed by atoms with Crippen LogP contribution >= 0.6 is 0 Å². The van der Waals surface area contributed by atoms with Gasteiger partial charge in [-0.1, -0.05) is 12.5 Å². The molecule has 0 saturated heterocycles. The van der Waals surface area contributed by atoms with E-state index in [2.05, 4.69) is 10.6 Å². The van der Waals surface area contributed by atoms with Crippen LogP contribution in [0, 0.1) is 16.0 Å². The van der Waals surface area contributed by atoms with Gasteiger partial charge in [0.05, 0.1) is 4.92 Å². The standard InChI is InChI=1S/C14H21N3O3/c1-2-15-12-7-4-8-13(14(12)17(19)20)16-11-6-3-5-10(11)9-18/h4,7-8,10-11,15-16,18H,2-3,5-6,9H2,1H3. The second-order valence-electron chi connectivity index (χ2n) is 5.11. The molecule has 0 spiro atoms. The first-order chi connectivity index (χ1) is 9.67. The average Bonchev–Trinajstić information content (AvgIpc) is 2.86. The summed E-state index contributed by atoms with van der Waals surface area (Å²) < 4.78 is 0. The topological polar surface area (TPSA) is 87.4 Å². The lowest BCUT2D eigenvalue weighted by atomic mass is 10.0. The van der Waals surface area contributed by atoms with Crippen molar-refractivity contribution in [3.8, 4) is 0 Å². The maximum atomic E-state index is 11.3. The van der Waals surface area contributed by atoms with Crippen LogP contribution in [0.5, 0.6) is 0 Å². The number of para-hydroxylation sites is 1. The molecule has 6 nitrogen and oxygen atoms in total. The first kappa shape index (κ1) is 14.6. The predicted molar refractivity (Wildman–Crippen MR) is 79.1 cm³/mol. The molecule has 1 aliphatic rings. The lowest BCUT2D eigenvalue weighted by molar-refractivity contribution is -0.383. The second-order valence-corrected chi connectivity index (χ2v) is 5.11. The Morgan fingerprint density at radius 3 is 2.80 bits per heavy atom. The highest BCUT2D eigenvalue weighted by molar-refractivity contribution is 5.76. The minimum Gasteiger partial charge on any atom is -0.396 e. The summed E-state index contributed by atoms with van der Waals surface area (Å²) >= 11 is 0. The zero-order chi connectivity index (χ0) is 14.5. The average molecular weight is 279 g/mol. The third kappa shape index (κ3) is 3.01. The first-order valence-electron chi connectivity index (χ1n) is 7.06. The molecule has 1 aromatic carbocycles. The van der Waals surface area contributed by atoms with Gasteiger partial charge in [0.25, 0.3) is 0 Å². The summed E-state index contributed by atoms with van der Waals surface area (Å²) in [6.07, 6.45) is 2.95. The highest BCUT2D eigenvalue weighted by Gasteiger charge is 2.29. The van der Waals surface area contributed by atoms with Gasteiger partial charge in [0.1, 0.15) is 11.4 Å². The van der Waals surface area contributed by atoms with E-state index >= 15 is 0 Å². The number of hydrogen-bond acceptors (Lipinski definition) is 5. The molecule has 0 aromatic heterocycles. The number of hydrogen-bond donors (Lipinski definition) is 3. The van der Waals surface area contributed by atoms with E-state index in [1.54, 1.807) is 18.2 Å². The number of rotatable bonds is 6. The lowest BCUT2D eigenvalue weighted by Gasteiger charge is -2.20. The molecule has 110 valence electrons. The summed E-state index contributed by atoms with van der Waals surface area (Å²) in [5.74, 6) is 0.178. The smallest absolute Gasteiger partial charge is 0.315 e. The van der Waals surface area contributed by atoms with E-state index in [1.165, 1.54) is 0 Å². The Kier molecular flexibility index (Phi) is 4.79. The Balaban J connectivity index is 2.26. The van der Waals surface area contributed by atoms with Gasteiger partial charge in [-0.05, 0) is 31.9 Å². The quantitative estimate of drug-likeness (QED) is 0.550. The second kappa shape index (κ2) is 6.56. The maximum Gasteiger partial charge on any atom is 0.315 e. The molecular formula is C14H21N3O3. The largest absolute Gasteiger partial charge is 0.396 e. The molecule has 1 saturated carbocycles. The lowest BCUT2D eigenvalue weighted by Crippen LogP contribution is -2.26. The molecule has 2 rings (SSSR count). The molecule has 0 aliphatic heterocycles. The van der Waals surface area contributed by atoms with Gasteiger partial charge in [0, 0.05) is 25.1 Å². The third-order valence-corrected chi connectivity index (χ3v) is 3.82. The molecular weight excluding hydrogens is 258 g/mol. The third-order valence-electron chi connectivity index (χ3n) is 3.82. The van der Waals surface area contributed by atoms with E-state index in [0.29, 0.717) is 17.9 Å². The maximum absolute atomic E-state index is 11.3. The van der Waals surface area contributed by atoms with Crippen LogP contribution in [0.15, 0.2) is 18.2 Å². The van der Waals surface area contributed by atoms with Crippen molar-refractivity contribution in [2.45, 2.75) is 32.2 Å². The van der Waals surface area contributed by atoms with E-state index < -0.39 is 0 Å². The number of nitro groups is 1. The van der Waals surface area contributed by atoms with Crippen LogP contribution < -0.4 is 10.6 Å². The molecule has 1 aromatic rings. The molecule has 3 N–H and O–H groups in total. The van der Waals surface area contributed by atoms with Gasteiger partial charge in [-0.3, -0.25) is 10.1 Å². The van der Waals surface area contributed by atoms with Crippen molar-refractivity contribution in [3.63, 3.8) is 0 Å². The van der Waals surface area contributed by atoms with Crippen LogP contribution in [-0.2, 0) is 0 Å². The summed E-state index contributed by atoms with van der Waals surface area (Å²) in [7, 11) is 0. The molecule has 1 aliphatic carbocycles. The minimum absolute atomic E-state index is 0.0814. The predicted octanol–water partition coefficient (Wildman–Crippen LogP) is 2.60. The number of nitrogens with zero attached hydrogens (tertiary/aromatic N) is 1. The van der Waals surface area contributed by atoms with Gasteiger partial charge < -0.3 is 15.7 Å². The van der Waals surface area contributed by atoms with E-state index in [4.69, 9.17) is 0 Å². The Morgan fingerprint density at radius 2 is 2.15 bits per heavy atom. The van der Waals surface area contributed by atoms with Gasteiger partial charge in [0.15, 0.2) is 0 Å². The Morgan fingerprint density at radius 1 is 1.40 bits per heavy atom. The van der Waals surface area contributed by atoms with Gasteiger partial charge in [-0.2, -0.15) is 0 Å². The molecule has 0 heterocycles. The summed E-state index contributed by atoms with van der Waals surface area (Å²) in [4.78, 5) is 11.0. The molecule has 6 heteroatoms. The summed E-state index contributed by atoms with van der Waals surface area (Å²) in [5.41, 5.74) is 1.14.